The van der Waals surface area contributed by atoms with Crippen molar-refractivity contribution in [1.82, 2.24) is 15.0 Å². The molecular formula is C24H31N3. The van der Waals surface area contributed by atoms with Crippen molar-refractivity contribution in [3.63, 3.8) is 0 Å². The Morgan fingerprint density at radius 1 is 0.963 bits per heavy atom. The number of benzene rings is 1. The first kappa shape index (κ1) is 19.3. The van der Waals surface area contributed by atoms with Gasteiger partial charge in [0.2, 0.25) is 0 Å². The van der Waals surface area contributed by atoms with Crippen LogP contribution < -0.4 is 0 Å². The van der Waals surface area contributed by atoms with Crippen molar-refractivity contribution in [3.05, 3.63) is 83.2 Å². The predicted octanol–water partition coefficient (Wildman–Crippen LogP) is 5.99. The number of hydrogen-bond donors (Lipinski definition) is 1. The van der Waals surface area contributed by atoms with Crippen LogP contribution in [0.25, 0.3) is 0 Å². The van der Waals surface area contributed by atoms with E-state index in [2.05, 4.69) is 86.0 Å². The molecule has 0 bridgehead atoms. The van der Waals surface area contributed by atoms with E-state index in [4.69, 9.17) is 0 Å². The molecule has 0 saturated heterocycles. The molecule has 0 amide bonds. The van der Waals surface area contributed by atoms with Crippen molar-refractivity contribution >= 4 is 0 Å². The highest BCUT2D eigenvalue weighted by molar-refractivity contribution is 5.36. The van der Waals surface area contributed by atoms with Gasteiger partial charge in [0.1, 0.15) is 5.82 Å². The molecule has 3 rings (SSSR count). The van der Waals surface area contributed by atoms with Gasteiger partial charge in [0.25, 0.3) is 0 Å². The molecule has 0 aliphatic heterocycles. The Morgan fingerprint density at radius 3 is 2.30 bits per heavy atom. The number of hydrogen-bond acceptors (Lipinski definition) is 2. The largest absolute Gasteiger partial charge is 0.346 e. The van der Waals surface area contributed by atoms with Crippen molar-refractivity contribution in [2.75, 3.05) is 0 Å². The Labute approximate surface area is 163 Å². The number of aryl methyl sites for hydroxylation is 1. The van der Waals surface area contributed by atoms with Crippen molar-refractivity contribution in [2.45, 2.75) is 64.7 Å². The Hall–Kier alpha value is -2.42. The third-order valence-electron chi connectivity index (χ3n) is 5.59. The molecule has 0 aliphatic carbocycles. The van der Waals surface area contributed by atoms with Crippen LogP contribution in [0.2, 0.25) is 0 Å². The van der Waals surface area contributed by atoms with Gasteiger partial charge in [-0.1, -0.05) is 65.0 Å². The summed E-state index contributed by atoms with van der Waals surface area (Å²) in [6.07, 6.45) is 5.91. The van der Waals surface area contributed by atoms with Gasteiger partial charge >= 0.3 is 0 Å². The van der Waals surface area contributed by atoms with E-state index < -0.39 is 0 Å². The molecule has 3 nitrogen and oxygen atoms in total. The summed E-state index contributed by atoms with van der Waals surface area (Å²) in [6, 6.07) is 15.2. The molecule has 142 valence electrons. The van der Waals surface area contributed by atoms with Crippen LogP contribution in [0.3, 0.4) is 0 Å². The molecule has 3 aromatic rings. The van der Waals surface area contributed by atoms with Gasteiger partial charge in [0.15, 0.2) is 0 Å². The summed E-state index contributed by atoms with van der Waals surface area (Å²) in [5.41, 5.74) is 4.91. The minimum atomic E-state index is -0.0928. The van der Waals surface area contributed by atoms with E-state index >= 15 is 0 Å². The molecule has 2 aromatic heterocycles. The van der Waals surface area contributed by atoms with Crippen LogP contribution in [-0.2, 0) is 11.8 Å². The molecule has 0 fully saturated rings. The third-order valence-corrected chi connectivity index (χ3v) is 5.59. The van der Waals surface area contributed by atoms with Gasteiger partial charge in [-0.2, -0.15) is 0 Å². The summed E-state index contributed by atoms with van der Waals surface area (Å²) in [6.45, 7) is 11.1. The van der Waals surface area contributed by atoms with Gasteiger partial charge in [-0.25, -0.2) is 4.98 Å². The summed E-state index contributed by atoms with van der Waals surface area (Å²) in [7, 11) is 0. The Balaban J connectivity index is 1.65. The van der Waals surface area contributed by atoms with Crippen molar-refractivity contribution < 1.29 is 0 Å². The normalized spacial score (nSPS) is 13.1. The lowest BCUT2D eigenvalue weighted by Crippen LogP contribution is -2.20. The number of H-pyrrole nitrogens is 1. The number of pyridine rings is 1. The zero-order valence-corrected chi connectivity index (χ0v) is 17.2. The molecule has 0 radical (unpaired) electrons. The first-order chi connectivity index (χ1) is 12.9. The van der Waals surface area contributed by atoms with E-state index in [1.54, 1.807) is 0 Å². The van der Waals surface area contributed by atoms with Crippen LogP contribution in [0.5, 0.6) is 0 Å². The van der Waals surface area contributed by atoms with E-state index in [9.17, 15) is 0 Å². The second-order valence-electron chi connectivity index (χ2n) is 8.34. The quantitative estimate of drug-likeness (QED) is 0.561. The van der Waals surface area contributed by atoms with Crippen LogP contribution in [0, 0.1) is 0 Å². The maximum Gasteiger partial charge on any atom is 0.106 e. The molecule has 0 aliphatic rings. The second kappa shape index (κ2) is 8.08. The zero-order valence-electron chi connectivity index (χ0n) is 17.2. The summed E-state index contributed by atoms with van der Waals surface area (Å²) in [4.78, 5) is 12.5. The SMILES string of the molecule is CC(C)c1cnc(CCC(C)c2ccc(C(C)(C)c3ccccn3)cc2)[nH]1. The molecule has 3 heteroatoms. The van der Waals surface area contributed by atoms with Crippen LogP contribution in [0.15, 0.2) is 54.9 Å². The summed E-state index contributed by atoms with van der Waals surface area (Å²) < 4.78 is 0. The zero-order chi connectivity index (χ0) is 19.4. The fourth-order valence-electron chi connectivity index (χ4n) is 3.43. The fraction of sp³-hybridized carbons (Fsp3) is 0.417. The standard InChI is InChI=1S/C24H31N3/c1-17(2)21-16-26-23(27-21)14-9-18(3)19-10-12-20(13-11-19)24(4,5)22-8-6-7-15-25-22/h6-8,10-13,15-18H,9,14H2,1-5H3,(H,26,27). The minimum absolute atomic E-state index is 0.0928. The lowest BCUT2D eigenvalue weighted by Gasteiger charge is -2.25. The summed E-state index contributed by atoms with van der Waals surface area (Å²) in [5, 5.41) is 0. The topological polar surface area (TPSA) is 41.6 Å². The molecular weight excluding hydrogens is 330 g/mol. The van der Waals surface area contributed by atoms with Crippen molar-refractivity contribution in [3.8, 4) is 0 Å². The molecule has 1 N–H and O–H groups in total. The second-order valence-corrected chi connectivity index (χ2v) is 8.34. The van der Waals surface area contributed by atoms with Crippen molar-refractivity contribution in [2.24, 2.45) is 0 Å². The monoisotopic (exact) mass is 361 g/mol. The molecule has 1 atom stereocenters. The van der Waals surface area contributed by atoms with Crippen molar-refractivity contribution in [1.29, 1.82) is 0 Å². The molecule has 27 heavy (non-hydrogen) atoms. The highest BCUT2D eigenvalue weighted by Crippen LogP contribution is 2.31. The van der Waals surface area contributed by atoms with Crippen LogP contribution >= 0.6 is 0 Å². The van der Waals surface area contributed by atoms with Gasteiger partial charge < -0.3 is 4.98 Å². The highest BCUT2D eigenvalue weighted by atomic mass is 14.9. The minimum Gasteiger partial charge on any atom is -0.346 e. The maximum absolute atomic E-state index is 4.55. The summed E-state index contributed by atoms with van der Waals surface area (Å²) in [5.74, 6) is 2.10. The fourth-order valence-corrected chi connectivity index (χ4v) is 3.43. The van der Waals surface area contributed by atoms with Gasteiger partial charge in [-0.05, 0) is 41.5 Å². The lowest BCUT2D eigenvalue weighted by molar-refractivity contribution is 0.614. The Bertz CT molecular complexity index is 845. The molecule has 0 spiro atoms. The smallest absolute Gasteiger partial charge is 0.106 e. The predicted molar refractivity (Wildman–Crippen MR) is 112 cm³/mol. The summed E-state index contributed by atoms with van der Waals surface area (Å²) >= 11 is 0. The molecule has 2 heterocycles. The van der Waals surface area contributed by atoms with Crippen LogP contribution in [0.1, 0.15) is 81.2 Å². The Morgan fingerprint density at radius 2 is 1.70 bits per heavy atom. The molecule has 1 unspecified atom stereocenters. The Kier molecular flexibility index (Phi) is 5.79. The number of nitrogens with zero attached hydrogens (tertiary/aromatic N) is 2. The van der Waals surface area contributed by atoms with E-state index in [1.807, 2.05) is 18.5 Å². The lowest BCUT2D eigenvalue weighted by atomic mass is 9.80. The maximum atomic E-state index is 4.55. The number of imidazole rings is 1. The van der Waals surface area contributed by atoms with Gasteiger partial charge in [0.05, 0.1) is 5.69 Å². The average Bonchev–Trinajstić information content (AvgIpc) is 3.16. The molecule has 0 saturated carbocycles. The first-order valence-corrected chi connectivity index (χ1v) is 9.93. The van der Waals surface area contributed by atoms with Gasteiger partial charge in [-0.3, -0.25) is 4.98 Å². The van der Waals surface area contributed by atoms with Gasteiger partial charge in [0, 0.05) is 29.9 Å². The number of rotatable bonds is 7. The van der Waals surface area contributed by atoms with E-state index in [1.165, 1.54) is 16.8 Å². The van der Waals surface area contributed by atoms with Gasteiger partial charge in [-0.15, -0.1) is 0 Å². The van der Waals surface area contributed by atoms with E-state index in [0.29, 0.717) is 11.8 Å². The van der Waals surface area contributed by atoms with E-state index in [-0.39, 0.29) is 5.41 Å². The molecule has 1 aromatic carbocycles. The third kappa shape index (κ3) is 4.47. The van der Waals surface area contributed by atoms with Crippen LogP contribution in [0.4, 0.5) is 0 Å². The first-order valence-electron chi connectivity index (χ1n) is 9.93. The highest BCUT2D eigenvalue weighted by Gasteiger charge is 2.24. The average molecular weight is 362 g/mol. The van der Waals surface area contributed by atoms with E-state index in [0.717, 1.165) is 24.4 Å². The number of aromatic amines is 1. The number of aromatic nitrogens is 3. The number of nitrogens with one attached hydrogen (secondary N) is 1. The van der Waals surface area contributed by atoms with Crippen LogP contribution in [-0.4, -0.2) is 15.0 Å².